The van der Waals surface area contributed by atoms with Gasteiger partial charge in [-0.1, -0.05) is 19.9 Å². The van der Waals surface area contributed by atoms with E-state index in [1.807, 2.05) is 69.6 Å². The lowest BCUT2D eigenvalue weighted by molar-refractivity contribution is -0.118. The van der Waals surface area contributed by atoms with Crippen molar-refractivity contribution in [1.82, 2.24) is 19.9 Å². The van der Waals surface area contributed by atoms with E-state index < -0.39 is 0 Å². The number of thiocarbonyl (C=S) groups is 1. The third-order valence-corrected chi connectivity index (χ3v) is 7.60. The van der Waals surface area contributed by atoms with Gasteiger partial charge in [0.15, 0.2) is 5.11 Å². The van der Waals surface area contributed by atoms with Crippen molar-refractivity contribution in [3.63, 3.8) is 0 Å². The van der Waals surface area contributed by atoms with E-state index in [0.717, 1.165) is 51.0 Å². The van der Waals surface area contributed by atoms with E-state index in [0.29, 0.717) is 5.11 Å². The van der Waals surface area contributed by atoms with Gasteiger partial charge in [-0.3, -0.25) is 9.78 Å². The molecule has 200 valence electrons. The number of nitrogens with zero attached hydrogens (tertiary/aromatic N) is 4. The first-order valence-electron chi connectivity index (χ1n) is 13.2. The maximum Gasteiger partial charge on any atom is 0.226 e. The molecule has 0 saturated carbocycles. The van der Waals surface area contributed by atoms with Crippen molar-refractivity contribution < 1.29 is 4.79 Å². The Morgan fingerprint density at radius 2 is 1.79 bits per heavy atom. The number of hydrogen-bond acceptors (Lipinski definition) is 4. The molecule has 4 aromatic rings. The molecule has 2 N–H and O–H groups in total. The normalized spacial score (nSPS) is 17.0. The van der Waals surface area contributed by atoms with Crippen LogP contribution in [0.15, 0.2) is 67.0 Å². The van der Waals surface area contributed by atoms with E-state index in [9.17, 15) is 4.79 Å². The summed E-state index contributed by atoms with van der Waals surface area (Å²) in [5.41, 5.74) is 8.15. The number of amides is 1. The lowest BCUT2D eigenvalue weighted by Gasteiger charge is -2.29. The van der Waals surface area contributed by atoms with Gasteiger partial charge in [0.1, 0.15) is 5.82 Å². The summed E-state index contributed by atoms with van der Waals surface area (Å²) in [6.07, 6.45) is 3.66. The van der Waals surface area contributed by atoms with Crippen LogP contribution in [-0.2, 0) is 4.79 Å². The zero-order valence-corrected chi connectivity index (χ0v) is 24.0. The number of hydrogen-bond donors (Lipinski definition) is 2. The number of rotatable bonds is 6. The van der Waals surface area contributed by atoms with Gasteiger partial charge in [0.2, 0.25) is 5.91 Å². The van der Waals surface area contributed by atoms with Gasteiger partial charge >= 0.3 is 0 Å². The predicted octanol–water partition coefficient (Wildman–Crippen LogP) is 6.27. The standard InChI is InChI=1S/C31H34N6OS/c1-18(2)30(38)34-25-11-10-23(16-20(25)4)37-29(28(35-31(37)39)26-9-7-8-13-32-26)24-17-21(5)36(22(24)6)27-15-19(3)12-14-33-27/h7-18,28-29H,1-6H3,(H,34,38)(H,35,39). The third kappa shape index (κ3) is 5.04. The molecule has 1 fully saturated rings. The average Bonchev–Trinajstić information content (AvgIpc) is 3.40. The van der Waals surface area contributed by atoms with Crippen molar-refractivity contribution in [2.45, 2.75) is 53.6 Å². The Kier molecular flexibility index (Phi) is 7.23. The van der Waals surface area contributed by atoms with Crippen LogP contribution >= 0.6 is 12.2 Å². The SMILES string of the molecule is Cc1ccnc(-n2c(C)cc(C3C(c4ccccn4)NC(=S)N3c3ccc(NC(=O)C(C)C)c(C)c3)c2C)c1. The molecule has 1 aliphatic rings. The van der Waals surface area contributed by atoms with Crippen LogP contribution < -0.4 is 15.5 Å². The molecule has 0 spiro atoms. The number of aryl methyl sites for hydroxylation is 3. The monoisotopic (exact) mass is 538 g/mol. The van der Waals surface area contributed by atoms with E-state index in [1.54, 1.807) is 0 Å². The topological polar surface area (TPSA) is 75.1 Å². The van der Waals surface area contributed by atoms with Gasteiger partial charge in [0.25, 0.3) is 0 Å². The summed E-state index contributed by atoms with van der Waals surface area (Å²) in [5.74, 6) is 0.794. The van der Waals surface area contributed by atoms with Crippen LogP contribution in [-0.4, -0.2) is 25.6 Å². The lowest BCUT2D eigenvalue weighted by atomic mass is 9.96. The molecule has 8 heteroatoms. The first-order valence-corrected chi connectivity index (χ1v) is 13.6. The molecule has 2 unspecified atom stereocenters. The van der Waals surface area contributed by atoms with Crippen LogP contribution in [0.1, 0.15) is 59.7 Å². The van der Waals surface area contributed by atoms with Gasteiger partial charge < -0.3 is 20.1 Å². The van der Waals surface area contributed by atoms with Crippen LogP contribution in [0.4, 0.5) is 11.4 Å². The molecule has 1 aliphatic heterocycles. The summed E-state index contributed by atoms with van der Waals surface area (Å²) < 4.78 is 2.20. The molecule has 2 atom stereocenters. The highest BCUT2D eigenvalue weighted by atomic mass is 32.1. The smallest absolute Gasteiger partial charge is 0.226 e. The summed E-state index contributed by atoms with van der Waals surface area (Å²) >= 11 is 5.95. The van der Waals surface area contributed by atoms with E-state index in [-0.39, 0.29) is 23.9 Å². The quantitative estimate of drug-likeness (QED) is 0.282. The molecule has 39 heavy (non-hydrogen) atoms. The van der Waals surface area contributed by atoms with Crippen molar-refractivity contribution in [3.8, 4) is 5.82 Å². The predicted molar refractivity (Wildman–Crippen MR) is 160 cm³/mol. The highest BCUT2D eigenvalue weighted by Gasteiger charge is 2.42. The Morgan fingerprint density at radius 3 is 2.46 bits per heavy atom. The van der Waals surface area contributed by atoms with Crippen molar-refractivity contribution in [2.24, 2.45) is 5.92 Å². The highest BCUT2D eigenvalue weighted by molar-refractivity contribution is 7.80. The van der Waals surface area contributed by atoms with Gasteiger partial charge in [0.05, 0.1) is 17.8 Å². The van der Waals surface area contributed by atoms with Gasteiger partial charge in [-0.25, -0.2) is 4.98 Å². The van der Waals surface area contributed by atoms with Crippen molar-refractivity contribution in [3.05, 3.63) is 101 Å². The zero-order valence-electron chi connectivity index (χ0n) is 23.2. The molecule has 0 radical (unpaired) electrons. The molecular weight excluding hydrogens is 504 g/mol. The first-order chi connectivity index (χ1) is 18.7. The molecule has 3 aromatic heterocycles. The molecule has 0 bridgehead atoms. The van der Waals surface area contributed by atoms with Gasteiger partial charge in [-0.2, -0.15) is 0 Å². The number of benzene rings is 1. The summed E-state index contributed by atoms with van der Waals surface area (Å²) in [5, 5.41) is 7.22. The minimum atomic E-state index is -0.154. The molecule has 1 aromatic carbocycles. The van der Waals surface area contributed by atoms with Crippen molar-refractivity contribution >= 4 is 34.6 Å². The van der Waals surface area contributed by atoms with Crippen LogP contribution in [0.3, 0.4) is 0 Å². The van der Waals surface area contributed by atoms with Crippen LogP contribution in [0, 0.1) is 33.6 Å². The second-order valence-corrected chi connectivity index (χ2v) is 10.9. The van der Waals surface area contributed by atoms with Gasteiger partial charge in [-0.05, 0) is 105 Å². The van der Waals surface area contributed by atoms with E-state index in [4.69, 9.17) is 17.2 Å². The number of anilines is 2. The Labute approximate surface area is 235 Å². The zero-order chi connectivity index (χ0) is 27.8. The van der Waals surface area contributed by atoms with Crippen LogP contribution in [0.5, 0.6) is 0 Å². The molecule has 0 aliphatic carbocycles. The molecule has 1 amide bonds. The Bertz CT molecular complexity index is 1540. The second kappa shape index (κ2) is 10.6. The van der Waals surface area contributed by atoms with E-state index in [2.05, 4.69) is 64.1 Å². The maximum atomic E-state index is 12.3. The number of nitrogens with one attached hydrogen (secondary N) is 2. The van der Waals surface area contributed by atoms with E-state index in [1.165, 1.54) is 0 Å². The van der Waals surface area contributed by atoms with Crippen LogP contribution in [0.2, 0.25) is 0 Å². The summed E-state index contributed by atoms with van der Waals surface area (Å²) in [4.78, 5) is 23.9. The summed E-state index contributed by atoms with van der Waals surface area (Å²) in [6.45, 7) is 12.1. The molecule has 1 saturated heterocycles. The largest absolute Gasteiger partial charge is 0.351 e. The number of pyridine rings is 2. The summed E-state index contributed by atoms with van der Waals surface area (Å²) in [7, 11) is 0. The van der Waals surface area contributed by atoms with Gasteiger partial charge in [-0.15, -0.1) is 0 Å². The van der Waals surface area contributed by atoms with Gasteiger partial charge in [0, 0.05) is 41.1 Å². The Morgan fingerprint density at radius 1 is 1.00 bits per heavy atom. The minimum absolute atomic E-state index is 0.00509. The maximum absolute atomic E-state index is 12.3. The number of carbonyl (C=O) groups excluding carboxylic acids is 1. The second-order valence-electron chi connectivity index (χ2n) is 10.5. The highest BCUT2D eigenvalue weighted by Crippen LogP contribution is 2.44. The van der Waals surface area contributed by atoms with E-state index >= 15 is 0 Å². The number of aromatic nitrogens is 3. The average molecular weight is 539 g/mol. The minimum Gasteiger partial charge on any atom is -0.351 e. The molecule has 7 nitrogen and oxygen atoms in total. The number of carbonyl (C=O) groups is 1. The summed E-state index contributed by atoms with van der Waals surface area (Å²) in [6, 6.07) is 18.1. The Balaban J connectivity index is 1.62. The molecule has 5 rings (SSSR count). The Hall–Kier alpha value is -4.04. The fourth-order valence-corrected chi connectivity index (χ4v) is 5.59. The van der Waals surface area contributed by atoms with Crippen molar-refractivity contribution in [1.29, 1.82) is 0 Å². The third-order valence-electron chi connectivity index (χ3n) is 7.29. The fraction of sp³-hybridized carbons (Fsp3) is 0.290. The molecular formula is C31H34N6OS. The molecule has 4 heterocycles. The first kappa shape index (κ1) is 26.6. The van der Waals surface area contributed by atoms with Crippen molar-refractivity contribution in [2.75, 3.05) is 10.2 Å². The van der Waals surface area contributed by atoms with Crippen LogP contribution in [0.25, 0.3) is 5.82 Å². The fourth-order valence-electron chi connectivity index (χ4n) is 5.25. The lowest BCUT2D eigenvalue weighted by Crippen LogP contribution is -2.29.